The van der Waals surface area contributed by atoms with Crippen LogP contribution in [0.2, 0.25) is 0 Å². The fourth-order valence-electron chi connectivity index (χ4n) is 1.87. The predicted octanol–water partition coefficient (Wildman–Crippen LogP) is 1.83. The van der Waals surface area contributed by atoms with Gasteiger partial charge in [0.05, 0.1) is 0 Å². The molecule has 0 aromatic carbocycles. The molecule has 84 valence electrons. The van der Waals surface area contributed by atoms with Crippen molar-refractivity contribution in [1.29, 1.82) is 0 Å². The van der Waals surface area contributed by atoms with Gasteiger partial charge in [-0.25, -0.2) is 0 Å². The van der Waals surface area contributed by atoms with Crippen LogP contribution in [0.1, 0.15) is 32.6 Å². The Morgan fingerprint density at radius 1 is 1.36 bits per heavy atom. The summed E-state index contributed by atoms with van der Waals surface area (Å²) in [6, 6.07) is 0.127. The fourth-order valence-corrected chi connectivity index (χ4v) is 1.87. The van der Waals surface area contributed by atoms with Gasteiger partial charge in [-0.05, 0) is 32.2 Å². The molecule has 5 heteroatoms. The summed E-state index contributed by atoms with van der Waals surface area (Å²) < 4.78 is 37.1. The number of halogens is 3. The van der Waals surface area contributed by atoms with Crippen LogP contribution in [0.15, 0.2) is 0 Å². The lowest BCUT2D eigenvalue weighted by molar-refractivity contribution is -0.270. The van der Waals surface area contributed by atoms with Gasteiger partial charge in [0, 0.05) is 6.04 Å². The highest BCUT2D eigenvalue weighted by Gasteiger charge is 2.54. The first-order valence-corrected chi connectivity index (χ1v) is 4.91. The molecule has 0 aromatic heterocycles. The van der Waals surface area contributed by atoms with E-state index in [4.69, 9.17) is 0 Å². The minimum Gasteiger partial charge on any atom is -0.380 e. The van der Waals surface area contributed by atoms with Gasteiger partial charge in [0.15, 0.2) is 5.60 Å². The van der Waals surface area contributed by atoms with Gasteiger partial charge < -0.3 is 10.4 Å². The highest BCUT2D eigenvalue weighted by Crippen LogP contribution is 2.41. The molecule has 1 fully saturated rings. The molecule has 0 aliphatic heterocycles. The van der Waals surface area contributed by atoms with Crippen molar-refractivity contribution in [3.05, 3.63) is 0 Å². The molecule has 1 aliphatic rings. The molecule has 0 aromatic rings. The van der Waals surface area contributed by atoms with Gasteiger partial charge in [-0.15, -0.1) is 0 Å². The largest absolute Gasteiger partial charge is 0.417 e. The van der Waals surface area contributed by atoms with Crippen LogP contribution in [-0.4, -0.2) is 29.5 Å². The molecule has 1 aliphatic carbocycles. The third kappa shape index (κ3) is 2.39. The van der Waals surface area contributed by atoms with E-state index in [9.17, 15) is 18.3 Å². The molecular weight excluding hydrogens is 195 g/mol. The molecule has 0 heterocycles. The minimum absolute atomic E-state index is 0.127. The first-order valence-electron chi connectivity index (χ1n) is 4.91. The van der Waals surface area contributed by atoms with Crippen molar-refractivity contribution in [2.24, 2.45) is 0 Å². The van der Waals surface area contributed by atoms with Gasteiger partial charge in [-0.3, -0.25) is 0 Å². The van der Waals surface area contributed by atoms with Crippen LogP contribution in [0.5, 0.6) is 0 Å². The van der Waals surface area contributed by atoms with Crippen molar-refractivity contribution < 1.29 is 18.3 Å². The number of alkyl halides is 3. The van der Waals surface area contributed by atoms with E-state index in [0.717, 1.165) is 6.54 Å². The van der Waals surface area contributed by atoms with E-state index in [2.05, 4.69) is 5.32 Å². The molecule has 0 bridgehead atoms. The second-order valence-corrected chi connectivity index (χ2v) is 3.86. The van der Waals surface area contributed by atoms with Crippen LogP contribution in [0, 0.1) is 0 Å². The van der Waals surface area contributed by atoms with Gasteiger partial charge in [-0.1, -0.05) is 6.92 Å². The summed E-state index contributed by atoms with van der Waals surface area (Å²) in [6.45, 7) is 2.68. The first kappa shape index (κ1) is 11.8. The molecule has 0 spiro atoms. The van der Waals surface area contributed by atoms with Gasteiger partial charge >= 0.3 is 6.18 Å². The van der Waals surface area contributed by atoms with Gasteiger partial charge in [0.25, 0.3) is 0 Å². The number of hydrogen-bond acceptors (Lipinski definition) is 2. The van der Waals surface area contributed by atoms with E-state index >= 15 is 0 Å². The lowest BCUT2D eigenvalue weighted by atomic mass is 9.81. The maximum absolute atomic E-state index is 12.4. The molecular formula is C9H16F3NO. The first-order chi connectivity index (χ1) is 6.39. The number of nitrogens with one attached hydrogen (secondary N) is 1. The van der Waals surface area contributed by atoms with Crippen LogP contribution in [0.25, 0.3) is 0 Å². The highest BCUT2D eigenvalue weighted by atomic mass is 19.4. The Morgan fingerprint density at radius 2 is 1.86 bits per heavy atom. The third-order valence-corrected chi connectivity index (χ3v) is 2.83. The van der Waals surface area contributed by atoms with Gasteiger partial charge in [0.2, 0.25) is 0 Å². The lowest BCUT2D eigenvalue weighted by Gasteiger charge is -2.37. The smallest absolute Gasteiger partial charge is 0.380 e. The molecule has 2 N–H and O–H groups in total. The Hall–Kier alpha value is -0.290. The van der Waals surface area contributed by atoms with Crippen LogP contribution in [-0.2, 0) is 0 Å². The zero-order chi connectivity index (χ0) is 10.8. The second-order valence-electron chi connectivity index (χ2n) is 3.86. The minimum atomic E-state index is -4.48. The summed E-state index contributed by atoms with van der Waals surface area (Å²) in [4.78, 5) is 0. The number of aliphatic hydroxyl groups is 1. The zero-order valence-corrected chi connectivity index (χ0v) is 8.19. The summed E-state index contributed by atoms with van der Waals surface area (Å²) in [6.07, 6.45) is -4.07. The maximum Gasteiger partial charge on any atom is 0.417 e. The summed E-state index contributed by atoms with van der Waals surface area (Å²) in [7, 11) is 0. The van der Waals surface area contributed by atoms with Gasteiger partial charge in [0.1, 0.15) is 0 Å². The lowest BCUT2D eigenvalue weighted by Crippen LogP contribution is -2.50. The fraction of sp³-hybridized carbons (Fsp3) is 1.00. The third-order valence-electron chi connectivity index (χ3n) is 2.83. The van der Waals surface area contributed by atoms with Crippen LogP contribution < -0.4 is 5.32 Å². The van der Waals surface area contributed by atoms with Crippen molar-refractivity contribution in [2.75, 3.05) is 6.54 Å². The Balaban J connectivity index is 2.49. The van der Waals surface area contributed by atoms with Crippen LogP contribution in [0.3, 0.4) is 0 Å². The topological polar surface area (TPSA) is 32.3 Å². The van der Waals surface area contributed by atoms with Crippen molar-refractivity contribution >= 4 is 0 Å². The standard InChI is InChI=1S/C9H16F3NO/c1-2-13-7-3-5-8(14,6-4-7)9(10,11)12/h7,13-14H,2-6H2,1H3. The molecule has 2 nitrogen and oxygen atoms in total. The quantitative estimate of drug-likeness (QED) is 0.730. The monoisotopic (exact) mass is 211 g/mol. The summed E-state index contributed by atoms with van der Waals surface area (Å²) in [5, 5.41) is 12.4. The van der Waals surface area contributed by atoms with E-state index in [-0.39, 0.29) is 18.9 Å². The van der Waals surface area contributed by atoms with E-state index < -0.39 is 11.8 Å². The maximum atomic E-state index is 12.4. The Labute approximate surface area is 81.5 Å². The molecule has 14 heavy (non-hydrogen) atoms. The Morgan fingerprint density at radius 3 is 2.21 bits per heavy atom. The van der Waals surface area contributed by atoms with E-state index in [1.54, 1.807) is 0 Å². The number of hydrogen-bond donors (Lipinski definition) is 2. The normalized spacial score (nSPS) is 34.5. The zero-order valence-electron chi connectivity index (χ0n) is 8.19. The Bertz CT molecular complexity index is 185. The molecule has 0 unspecified atom stereocenters. The van der Waals surface area contributed by atoms with Crippen LogP contribution >= 0.6 is 0 Å². The van der Waals surface area contributed by atoms with Gasteiger partial charge in [-0.2, -0.15) is 13.2 Å². The van der Waals surface area contributed by atoms with Crippen LogP contribution in [0.4, 0.5) is 13.2 Å². The molecule has 0 amide bonds. The van der Waals surface area contributed by atoms with Crippen molar-refractivity contribution in [3.63, 3.8) is 0 Å². The molecule has 0 atom stereocenters. The van der Waals surface area contributed by atoms with Crippen molar-refractivity contribution in [3.8, 4) is 0 Å². The van der Waals surface area contributed by atoms with Crippen molar-refractivity contribution in [1.82, 2.24) is 5.32 Å². The molecule has 1 saturated carbocycles. The van der Waals surface area contributed by atoms with E-state index in [1.165, 1.54) is 0 Å². The molecule has 1 rings (SSSR count). The van der Waals surface area contributed by atoms with E-state index in [0.29, 0.717) is 12.8 Å². The van der Waals surface area contributed by atoms with Crippen molar-refractivity contribution in [2.45, 2.75) is 50.4 Å². The summed E-state index contributed by atoms with van der Waals surface area (Å²) >= 11 is 0. The summed E-state index contributed by atoms with van der Waals surface area (Å²) in [5.41, 5.74) is -2.45. The predicted molar refractivity (Wildman–Crippen MR) is 46.9 cm³/mol. The SMILES string of the molecule is CCNC1CCC(O)(C(F)(F)F)CC1. The average Bonchev–Trinajstić information content (AvgIpc) is 2.08. The Kier molecular flexibility index (Phi) is 3.42. The second kappa shape index (κ2) is 4.06. The summed E-state index contributed by atoms with van der Waals surface area (Å²) in [5.74, 6) is 0. The molecule has 0 radical (unpaired) electrons. The average molecular weight is 211 g/mol. The molecule has 0 saturated heterocycles. The highest BCUT2D eigenvalue weighted by molar-refractivity contribution is 4.93. The van der Waals surface area contributed by atoms with E-state index in [1.807, 2.05) is 6.92 Å². The number of rotatable bonds is 2.